The van der Waals surface area contributed by atoms with Gasteiger partial charge >= 0.3 is 0 Å². The Morgan fingerprint density at radius 3 is 3.05 bits per heavy atom. The molecule has 1 aliphatic carbocycles. The van der Waals surface area contributed by atoms with Crippen LogP contribution in [0, 0.1) is 17.6 Å². The van der Waals surface area contributed by atoms with E-state index >= 15 is 0 Å². The Bertz CT molecular complexity index is 908. The third kappa shape index (κ3) is 1.63. The van der Waals surface area contributed by atoms with E-state index in [-0.39, 0.29) is 5.56 Å². The Morgan fingerprint density at radius 1 is 1.53 bits per heavy atom. The summed E-state index contributed by atoms with van der Waals surface area (Å²) in [4.78, 5) is 16.8. The quantitative estimate of drug-likeness (QED) is 0.737. The minimum absolute atomic E-state index is 0.119. The molecule has 0 bridgehead atoms. The molecule has 0 aliphatic heterocycles. The third-order valence-corrected chi connectivity index (χ3v) is 5.02. The van der Waals surface area contributed by atoms with Crippen LogP contribution in [0.15, 0.2) is 17.1 Å². The fourth-order valence-corrected chi connectivity index (χ4v) is 3.77. The van der Waals surface area contributed by atoms with Crippen LogP contribution in [0.2, 0.25) is 0 Å². The van der Waals surface area contributed by atoms with Gasteiger partial charge in [0, 0.05) is 17.6 Å². The van der Waals surface area contributed by atoms with E-state index in [9.17, 15) is 4.79 Å². The molecule has 0 amide bonds. The molecule has 3 heterocycles. The fourth-order valence-electron chi connectivity index (χ4n) is 2.57. The summed E-state index contributed by atoms with van der Waals surface area (Å²) in [6.07, 6.45) is 4.30. The predicted molar refractivity (Wildman–Crippen MR) is 79.7 cm³/mol. The lowest BCUT2D eigenvalue weighted by Gasteiger charge is -2.08. The molecule has 6 heteroatoms. The van der Waals surface area contributed by atoms with Gasteiger partial charge in [-0.1, -0.05) is 0 Å². The highest BCUT2D eigenvalue weighted by atomic mass is 32.1. The van der Waals surface area contributed by atoms with Gasteiger partial charge in [-0.05, 0) is 44.0 Å². The van der Waals surface area contributed by atoms with Crippen molar-refractivity contribution in [1.29, 1.82) is 0 Å². The Balaban J connectivity index is 2.20. The summed E-state index contributed by atoms with van der Waals surface area (Å²) in [5, 5.41) is 0. The number of rotatable bonds is 2. The molecule has 4 rings (SSSR count). The molecule has 1 fully saturated rings. The fraction of sp³-hybridized carbons (Fsp3) is 0.385. The summed E-state index contributed by atoms with van der Waals surface area (Å²) in [7, 11) is 0. The average Bonchev–Trinajstić information content (AvgIpc) is 2.99. The summed E-state index contributed by atoms with van der Waals surface area (Å²) in [6.45, 7) is 2.83. The van der Waals surface area contributed by atoms with Gasteiger partial charge in [-0.3, -0.25) is 13.8 Å². The molecule has 19 heavy (non-hydrogen) atoms. The summed E-state index contributed by atoms with van der Waals surface area (Å²) in [5.41, 5.74) is 1.93. The van der Waals surface area contributed by atoms with Crippen LogP contribution in [0.3, 0.4) is 0 Å². The number of imidazole rings is 1. The summed E-state index contributed by atoms with van der Waals surface area (Å²) in [6, 6.07) is 2.04. The second kappa shape index (κ2) is 3.80. The second-order valence-corrected chi connectivity index (χ2v) is 6.86. The van der Waals surface area contributed by atoms with Gasteiger partial charge in [0.05, 0.1) is 5.52 Å². The molecule has 0 aromatic carbocycles. The first-order valence-corrected chi connectivity index (χ1v) is 7.60. The number of hydrogen-bond donors (Lipinski definition) is 1. The summed E-state index contributed by atoms with van der Waals surface area (Å²) in [5.74, 6) is 0.656. The van der Waals surface area contributed by atoms with E-state index in [1.165, 1.54) is 12.8 Å². The van der Waals surface area contributed by atoms with E-state index in [0.717, 1.165) is 27.3 Å². The van der Waals surface area contributed by atoms with Crippen molar-refractivity contribution < 1.29 is 0 Å². The highest BCUT2D eigenvalue weighted by Gasteiger charge is 2.24. The summed E-state index contributed by atoms with van der Waals surface area (Å²) >= 11 is 6.91. The number of nitrogens with one attached hydrogen (secondary N) is 1. The van der Waals surface area contributed by atoms with Gasteiger partial charge in [0.15, 0.2) is 4.77 Å². The average molecular weight is 291 g/mol. The van der Waals surface area contributed by atoms with Crippen LogP contribution in [-0.2, 0) is 6.54 Å². The minimum Gasteiger partial charge on any atom is -0.335 e. The smallest absolute Gasteiger partial charge is 0.271 e. The highest BCUT2D eigenvalue weighted by Crippen LogP contribution is 2.31. The van der Waals surface area contributed by atoms with Crippen LogP contribution < -0.4 is 5.56 Å². The Labute approximate surface area is 118 Å². The maximum Gasteiger partial charge on any atom is 0.271 e. The molecule has 0 unspecified atom stereocenters. The van der Waals surface area contributed by atoms with E-state index in [2.05, 4.69) is 4.98 Å². The van der Waals surface area contributed by atoms with E-state index in [0.29, 0.717) is 10.7 Å². The predicted octanol–water partition coefficient (Wildman–Crippen LogP) is 3.09. The molecule has 0 spiro atoms. The lowest BCUT2D eigenvalue weighted by atomic mass is 10.3. The number of fused-ring (bicyclic) bond motifs is 3. The van der Waals surface area contributed by atoms with E-state index < -0.39 is 0 Å². The Hall–Kier alpha value is -1.40. The molecule has 1 saturated carbocycles. The zero-order valence-electron chi connectivity index (χ0n) is 10.5. The van der Waals surface area contributed by atoms with Gasteiger partial charge in [-0.2, -0.15) is 0 Å². The van der Waals surface area contributed by atoms with Crippen molar-refractivity contribution in [2.24, 2.45) is 5.92 Å². The zero-order valence-corrected chi connectivity index (χ0v) is 12.1. The second-order valence-electron chi connectivity index (χ2n) is 5.22. The normalized spacial score (nSPS) is 15.6. The van der Waals surface area contributed by atoms with Crippen LogP contribution in [0.25, 0.3) is 15.9 Å². The number of hydrogen-bond acceptors (Lipinski definition) is 3. The number of aromatic nitrogens is 3. The molecular formula is C13H13N3OS2. The number of thiophene rings is 1. The van der Waals surface area contributed by atoms with Crippen LogP contribution in [0.4, 0.5) is 0 Å². The molecule has 1 N–H and O–H groups in total. The van der Waals surface area contributed by atoms with Crippen molar-refractivity contribution in [3.63, 3.8) is 0 Å². The topological polar surface area (TPSA) is 42.2 Å². The lowest BCUT2D eigenvalue weighted by Crippen LogP contribution is -2.22. The van der Waals surface area contributed by atoms with Crippen LogP contribution >= 0.6 is 23.6 Å². The monoisotopic (exact) mass is 291 g/mol. The first-order valence-electron chi connectivity index (χ1n) is 6.38. The van der Waals surface area contributed by atoms with Crippen molar-refractivity contribution in [3.05, 3.63) is 32.3 Å². The SMILES string of the molecule is Cc1cc2c(s1)c(=O)n(CC1CC1)c1c[nH]c(=S)n21. The van der Waals surface area contributed by atoms with Crippen molar-refractivity contribution >= 4 is 39.4 Å². The first-order chi connectivity index (χ1) is 9.15. The summed E-state index contributed by atoms with van der Waals surface area (Å²) < 4.78 is 5.32. The van der Waals surface area contributed by atoms with E-state index in [1.54, 1.807) is 11.3 Å². The van der Waals surface area contributed by atoms with Gasteiger partial charge in [0.2, 0.25) is 0 Å². The number of aromatic amines is 1. The van der Waals surface area contributed by atoms with Gasteiger partial charge in [0.1, 0.15) is 10.3 Å². The maximum absolute atomic E-state index is 12.6. The molecule has 3 aromatic heterocycles. The third-order valence-electron chi connectivity index (χ3n) is 3.69. The Morgan fingerprint density at radius 2 is 2.32 bits per heavy atom. The molecule has 98 valence electrons. The minimum atomic E-state index is 0.119. The van der Waals surface area contributed by atoms with Crippen molar-refractivity contribution in [2.45, 2.75) is 26.3 Å². The first kappa shape index (κ1) is 11.4. The van der Waals surface area contributed by atoms with Gasteiger partial charge in [-0.15, -0.1) is 11.3 Å². The van der Waals surface area contributed by atoms with E-state index in [4.69, 9.17) is 12.2 Å². The molecule has 3 aromatic rings. The van der Waals surface area contributed by atoms with Crippen LogP contribution in [0.5, 0.6) is 0 Å². The largest absolute Gasteiger partial charge is 0.335 e. The molecular weight excluding hydrogens is 278 g/mol. The van der Waals surface area contributed by atoms with Crippen molar-refractivity contribution in [1.82, 2.24) is 14.0 Å². The number of aryl methyl sites for hydroxylation is 1. The zero-order chi connectivity index (χ0) is 13.1. The standard InChI is InChI=1S/C13H13N3OS2/c1-7-4-9-11(19-7)12(17)15(6-8-2-3-8)10-5-14-13(18)16(9)10/h4-5,8H,2-3,6H2,1H3,(H,14,18). The number of nitrogens with zero attached hydrogens (tertiary/aromatic N) is 2. The molecule has 0 saturated heterocycles. The van der Waals surface area contributed by atoms with Crippen molar-refractivity contribution in [2.75, 3.05) is 0 Å². The number of H-pyrrole nitrogens is 1. The van der Waals surface area contributed by atoms with Crippen molar-refractivity contribution in [3.8, 4) is 0 Å². The molecule has 0 atom stereocenters. The van der Waals surface area contributed by atoms with Gasteiger partial charge < -0.3 is 4.98 Å². The lowest BCUT2D eigenvalue weighted by molar-refractivity contribution is 0.622. The maximum atomic E-state index is 12.6. The van der Waals surface area contributed by atoms with E-state index in [1.807, 2.05) is 28.2 Å². The highest BCUT2D eigenvalue weighted by molar-refractivity contribution is 7.71. The molecule has 4 nitrogen and oxygen atoms in total. The van der Waals surface area contributed by atoms with Crippen LogP contribution in [0.1, 0.15) is 17.7 Å². The molecule has 0 radical (unpaired) electrons. The molecule has 1 aliphatic rings. The van der Waals surface area contributed by atoms with Gasteiger partial charge in [-0.25, -0.2) is 0 Å². The van der Waals surface area contributed by atoms with Gasteiger partial charge in [0.25, 0.3) is 5.56 Å². The van der Waals surface area contributed by atoms with Crippen LogP contribution in [-0.4, -0.2) is 14.0 Å². The Kier molecular flexibility index (Phi) is 2.29.